The van der Waals surface area contributed by atoms with Gasteiger partial charge in [-0.15, -0.1) is 0 Å². The van der Waals surface area contributed by atoms with E-state index in [1.807, 2.05) is 0 Å². The quantitative estimate of drug-likeness (QED) is 0.763. The maximum atomic E-state index is 11.7. The minimum atomic E-state index is -3.18. The van der Waals surface area contributed by atoms with Crippen LogP contribution < -0.4 is 0 Å². The molecule has 0 amide bonds. The zero-order chi connectivity index (χ0) is 12.7. The topological polar surface area (TPSA) is 63.6 Å². The van der Waals surface area contributed by atoms with Gasteiger partial charge in [0.1, 0.15) is 0 Å². The molecule has 0 aliphatic rings. The van der Waals surface area contributed by atoms with E-state index in [-0.39, 0.29) is 31.3 Å². The maximum absolute atomic E-state index is 11.7. The third-order valence-corrected chi connectivity index (χ3v) is 3.89. The van der Waals surface area contributed by atoms with Crippen LogP contribution in [0.2, 0.25) is 5.02 Å². The molecular formula is C11H15ClO4S. The molecule has 0 fully saturated rings. The van der Waals surface area contributed by atoms with Gasteiger partial charge in [0.25, 0.3) is 0 Å². The summed E-state index contributed by atoms with van der Waals surface area (Å²) in [6.45, 7) is 0.171. The Bertz CT molecular complexity index is 427. The number of hydrogen-bond donors (Lipinski definition) is 1. The van der Waals surface area contributed by atoms with Crippen LogP contribution in [-0.4, -0.2) is 39.1 Å². The van der Waals surface area contributed by atoms with E-state index >= 15 is 0 Å². The summed E-state index contributed by atoms with van der Waals surface area (Å²) < 4.78 is 28.3. The summed E-state index contributed by atoms with van der Waals surface area (Å²) in [7, 11) is -3.18. The molecule has 1 rings (SSSR count). The fourth-order valence-corrected chi connectivity index (χ4v) is 2.60. The van der Waals surface area contributed by atoms with Crippen LogP contribution >= 0.6 is 11.6 Å². The van der Waals surface area contributed by atoms with Crippen LogP contribution in [0.1, 0.15) is 5.56 Å². The average Bonchev–Trinajstić information content (AvgIpc) is 2.27. The lowest BCUT2D eigenvalue weighted by molar-refractivity contribution is 0.103. The van der Waals surface area contributed by atoms with Crippen LogP contribution in [0.15, 0.2) is 24.3 Å². The summed E-state index contributed by atoms with van der Waals surface area (Å²) in [5, 5.41) is 9.05. The Morgan fingerprint density at radius 1 is 1.18 bits per heavy atom. The Kier molecular flexibility index (Phi) is 5.91. The number of aliphatic hydroxyl groups excluding tert-OH is 1. The lowest BCUT2D eigenvalue weighted by Gasteiger charge is -2.05. The molecule has 96 valence electrons. The number of aliphatic hydroxyl groups is 1. The van der Waals surface area contributed by atoms with Gasteiger partial charge in [-0.25, -0.2) is 8.42 Å². The highest BCUT2D eigenvalue weighted by Gasteiger charge is 2.11. The molecule has 1 aromatic carbocycles. The van der Waals surface area contributed by atoms with Crippen molar-refractivity contribution in [2.24, 2.45) is 0 Å². The Balaban J connectivity index is 2.46. The van der Waals surface area contributed by atoms with E-state index in [0.717, 1.165) is 0 Å². The number of halogens is 1. The highest BCUT2D eigenvalue weighted by atomic mass is 35.5. The molecule has 0 bridgehead atoms. The highest BCUT2D eigenvalue weighted by Crippen LogP contribution is 2.12. The summed E-state index contributed by atoms with van der Waals surface area (Å²) >= 11 is 5.71. The number of sulfone groups is 1. The van der Waals surface area contributed by atoms with Crippen molar-refractivity contribution in [1.82, 2.24) is 0 Å². The van der Waals surface area contributed by atoms with Crippen LogP contribution in [0.25, 0.3) is 0 Å². The van der Waals surface area contributed by atoms with Crippen LogP contribution in [0.5, 0.6) is 0 Å². The Hall–Kier alpha value is -0.620. The molecule has 0 aromatic heterocycles. The monoisotopic (exact) mass is 278 g/mol. The lowest BCUT2D eigenvalue weighted by Crippen LogP contribution is -2.15. The molecule has 1 N–H and O–H groups in total. The van der Waals surface area contributed by atoms with Crippen molar-refractivity contribution in [2.75, 3.05) is 25.6 Å². The van der Waals surface area contributed by atoms with Gasteiger partial charge in [0.2, 0.25) is 0 Å². The number of rotatable bonds is 7. The highest BCUT2D eigenvalue weighted by molar-refractivity contribution is 7.90. The van der Waals surface area contributed by atoms with Gasteiger partial charge in [-0.3, -0.25) is 0 Å². The van der Waals surface area contributed by atoms with Crippen LogP contribution in [0.4, 0.5) is 0 Å². The fraction of sp³-hybridized carbons (Fsp3) is 0.455. The summed E-state index contributed by atoms with van der Waals surface area (Å²) in [6, 6.07) is 6.70. The van der Waals surface area contributed by atoms with Gasteiger partial charge < -0.3 is 9.84 Å². The first kappa shape index (κ1) is 14.4. The van der Waals surface area contributed by atoms with E-state index in [2.05, 4.69) is 0 Å². The zero-order valence-electron chi connectivity index (χ0n) is 9.30. The predicted octanol–water partition coefficient (Wildman–Crippen LogP) is 1.26. The largest absolute Gasteiger partial charge is 0.394 e. The van der Waals surface area contributed by atoms with Gasteiger partial charge in [-0.05, 0) is 17.7 Å². The third-order valence-electron chi connectivity index (χ3n) is 2.07. The first-order valence-electron chi connectivity index (χ1n) is 5.17. The standard InChI is InChI=1S/C11H15ClO4S/c12-11-3-1-10(2-4-11)9-17(14,15)8-7-16-6-5-13/h1-4,13H,5-9H2. The Morgan fingerprint density at radius 2 is 1.82 bits per heavy atom. The second kappa shape index (κ2) is 6.96. The molecule has 0 aliphatic heterocycles. The van der Waals surface area contributed by atoms with Crippen molar-refractivity contribution >= 4 is 21.4 Å². The summed E-state index contributed by atoms with van der Waals surface area (Å²) in [4.78, 5) is 0. The van der Waals surface area contributed by atoms with E-state index in [9.17, 15) is 8.42 Å². The number of benzene rings is 1. The Morgan fingerprint density at radius 3 is 2.41 bits per heavy atom. The SMILES string of the molecule is O=S(=O)(CCOCCO)Cc1ccc(Cl)cc1. The van der Waals surface area contributed by atoms with Crippen LogP contribution in [-0.2, 0) is 20.3 Å². The molecule has 4 nitrogen and oxygen atoms in total. The first-order valence-corrected chi connectivity index (χ1v) is 7.37. The molecule has 0 spiro atoms. The minimum Gasteiger partial charge on any atom is -0.394 e. The molecule has 0 radical (unpaired) electrons. The van der Waals surface area contributed by atoms with E-state index in [1.165, 1.54) is 0 Å². The average molecular weight is 279 g/mol. The lowest BCUT2D eigenvalue weighted by atomic mass is 10.2. The molecular weight excluding hydrogens is 264 g/mol. The van der Waals surface area contributed by atoms with Crippen molar-refractivity contribution in [3.05, 3.63) is 34.9 Å². The van der Waals surface area contributed by atoms with Crippen molar-refractivity contribution in [3.63, 3.8) is 0 Å². The van der Waals surface area contributed by atoms with Crippen molar-refractivity contribution in [1.29, 1.82) is 0 Å². The van der Waals surface area contributed by atoms with Crippen molar-refractivity contribution in [2.45, 2.75) is 5.75 Å². The molecule has 1 aromatic rings. The number of ether oxygens (including phenoxy) is 1. The predicted molar refractivity (Wildman–Crippen MR) is 66.8 cm³/mol. The summed E-state index contributed by atoms with van der Waals surface area (Å²) in [5.41, 5.74) is 0.705. The van der Waals surface area contributed by atoms with E-state index < -0.39 is 9.84 Å². The molecule has 0 saturated heterocycles. The smallest absolute Gasteiger partial charge is 0.156 e. The Labute approximate surface area is 106 Å². The van der Waals surface area contributed by atoms with Gasteiger partial charge in [0.15, 0.2) is 9.84 Å². The van der Waals surface area contributed by atoms with Gasteiger partial charge in [-0.2, -0.15) is 0 Å². The molecule has 0 aliphatic carbocycles. The fourth-order valence-electron chi connectivity index (χ4n) is 1.26. The normalized spacial score (nSPS) is 11.6. The number of hydrogen-bond acceptors (Lipinski definition) is 4. The van der Waals surface area contributed by atoms with E-state index in [0.29, 0.717) is 10.6 Å². The second-order valence-corrected chi connectivity index (χ2v) is 6.17. The second-order valence-electron chi connectivity index (χ2n) is 3.55. The van der Waals surface area contributed by atoms with E-state index in [4.69, 9.17) is 21.4 Å². The summed E-state index contributed by atoms with van der Waals surface area (Å²) in [6.07, 6.45) is 0. The van der Waals surface area contributed by atoms with Gasteiger partial charge >= 0.3 is 0 Å². The first-order chi connectivity index (χ1) is 8.03. The third kappa shape index (κ3) is 6.02. The molecule has 0 heterocycles. The van der Waals surface area contributed by atoms with Gasteiger partial charge in [-0.1, -0.05) is 23.7 Å². The minimum absolute atomic E-state index is 0.0212. The molecule has 17 heavy (non-hydrogen) atoms. The van der Waals surface area contributed by atoms with Crippen LogP contribution in [0, 0.1) is 0 Å². The van der Waals surface area contributed by atoms with Gasteiger partial charge in [0.05, 0.1) is 31.3 Å². The van der Waals surface area contributed by atoms with Gasteiger partial charge in [0, 0.05) is 5.02 Å². The molecule has 0 unspecified atom stereocenters. The van der Waals surface area contributed by atoms with E-state index in [1.54, 1.807) is 24.3 Å². The van der Waals surface area contributed by atoms with Crippen molar-refractivity contribution < 1.29 is 18.3 Å². The zero-order valence-corrected chi connectivity index (χ0v) is 10.9. The molecule has 6 heteroatoms. The molecule has 0 atom stereocenters. The van der Waals surface area contributed by atoms with Crippen LogP contribution in [0.3, 0.4) is 0 Å². The maximum Gasteiger partial charge on any atom is 0.156 e. The van der Waals surface area contributed by atoms with Crippen molar-refractivity contribution in [3.8, 4) is 0 Å². The molecule has 0 saturated carbocycles. The summed E-state index contributed by atoms with van der Waals surface area (Å²) in [5.74, 6) is -0.0672.